The number of hydrogen-bond donors (Lipinski definition) is 1. The minimum Gasteiger partial charge on any atom is -0.323 e. The molecule has 0 atom stereocenters. The predicted octanol–water partition coefficient (Wildman–Crippen LogP) is 4.35. The Hall–Kier alpha value is -1.59. The van der Waals surface area contributed by atoms with Gasteiger partial charge in [0.05, 0.1) is 16.5 Å². The maximum atomic E-state index is 13.6. The topological polar surface area (TPSA) is 29.1 Å². The van der Waals surface area contributed by atoms with E-state index in [-0.39, 0.29) is 28.2 Å². The third-order valence-corrected chi connectivity index (χ3v) is 3.71. The van der Waals surface area contributed by atoms with Crippen LogP contribution in [0.5, 0.6) is 0 Å². The molecule has 0 aromatic heterocycles. The molecule has 104 valence electrons. The van der Waals surface area contributed by atoms with Crippen LogP contribution in [0.2, 0.25) is 5.02 Å². The molecule has 6 heteroatoms. The van der Waals surface area contributed by atoms with Crippen LogP contribution in [0, 0.1) is 11.6 Å². The Labute approximate surface area is 124 Å². The Bertz CT molecular complexity index is 619. The Kier molecular flexibility index (Phi) is 4.98. The molecular formula is C14H10ClF2NOS. The molecule has 0 aliphatic heterocycles. The molecule has 2 rings (SSSR count). The molecule has 0 aliphatic rings. The van der Waals surface area contributed by atoms with Gasteiger partial charge in [-0.25, -0.2) is 8.78 Å². The van der Waals surface area contributed by atoms with Gasteiger partial charge in [0.2, 0.25) is 5.91 Å². The van der Waals surface area contributed by atoms with E-state index >= 15 is 0 Å². The van der Waals surface area contributed by atoms with Crippen LogP contribution in [-0.2, 0) is 4.79 Å². The molecular weight excluding hydrogens is 304 g/mol. The van der Waals surface area contributed by atoms with Gasteiger partial charge in [-0.05, 0) is 36.4 Å². The lowest BCUT2D eigenvalue weighted by Crippen LogP contribution is -2.15. The summed E-state index contributed by atoms with van der Waals surface area (Å²) in [5.41, 5.74) is 0.0437. The van der Waals surface area contributed by atoms with Crippen molar-refractivity contribution in [3.8, 4) is 0 Å². The van der Waals surface area contributed by atoms with Crippen LogP contribution in [-0.4, -0.2) is 11.7 Å². The minimum absolute atomic E-state index is 0.0437. The average Bonchev–Trinajstić information content (AvgIpc) is 2.43. The van der Waals surface area contributed by atoms with Crippen LogP contribution in [0.4, 0.5) is 14.5 Å². The first kappa shape index (κ1) is 14.8. The second-order valence-corrected chi connectivity index (χ2v) is 5.35. The van der Waals surface area contributed by atoms with E-state index in [1.165, 1.54) is 36.0 Å². The van der Waals surface area contributed by atoms with Crippen LogP contribution in [0.15, 0.2) is 47.4 Å². The van der Waals surface area contributed by atoms with Crippen molar-refractivity contribution in [1.82, 2.24) is 0 Å². The summed E-state index contributed by atoms with van der Waals surface area (Å²) in [4.78, 5) is 12.5. The molecule has 0 unspecified atom stereocenters. The van der Waals surface area contributed by atoms with Crippen LogP contribution >= 0.6 is 23.4 Å². The molecule has 0 bridgehead atoms. The number of carbonyl (C=O) groups is 1. The third-order valence-electron chi connectivity index (χ3n) is 2.41. The number of carbonyl (C=O) groups excluding carboxylic acids is 1. The number of thioether (sulfide) groups is 1. The second kappa shape index (κ2) is 6.72. The van der Waals surface area contributed by atoms with E-state index in [1.807, 2.05) is 0 Å². The first-order chi connectivity index (χ1) is 9.56. The summed E-state index contributed by atoms with van der Waals surface area (Å²) in [5, 5.41) is 2.39. The number of rotatable bonds is 4. The van der Waals surface area contributed by atoms with Crippen LogP contribution in [0.25, 0.3) is 0 Å². The summed E-state index contributed by atoms with van der Waals surface area (Å²) in [6.45, 7) is 0. The first-order valence-electron chi connectivity index (χ1n) is 5.68. The minimum atomic E-state index is -0.658. The van der Waals surface area contributed by atoms with Gasteiger partial charge in [0.25, 0.3) is 0 Å². The third kappa shape index (κ3) is 3.95. The Morgan fingerprint density at radius 2 is 1.85 bits per heavy atom. The van der Waals surface area contributed by atoms with Gasteiger partial charge < -0.3 is 5.32 Å². The second-order valence-electron chi connectivity index (χ2n) is 3.89. The standard InChI is InChI=1S/C14H10ClF2NOS/c15-11-2-1-3-12(14(11)17)18-13(19)8-20-10-6-4-9(16)5-7-10/h1-7H,8H2,(H,18,19). The zero-order chi connectivity index (χ0) is 14.5. The molecule has 1 amide bonds. The zero-order valence-electron chi connectivity index (χ0n) is 10.2. The molecule has 0 spiro atoms. The number of nitrogens with one attached hydrogen (secondary N) is 1. The summed E-state index contributed by atoms with van der Waals surface area (Å²) in [6, 6.07) is 10.2. The molecule has 2 aromatic rings. The maximum Gasteiger partial charge on any atom is 0.234 e. The summed E-state index contributed by atoms with van der Waals surface area (Å²) >= 11 is 6.85. The van der Waals surface area contributed by atoms with E-state index in [9.17, 15) is 13.6 Å². The smallest absolute Gasteiger partial charge is 0.234 e. The lowest BCUT2D eigenvalue weighted by atomic mass is 10.3. The number of anilines is 1. The Balaban J connectivity index is 1.92. The number of amides is 1. The lowest BCUT2D eigenvalue weighted by molar-refractivity contribution is -0.113. The van der Waals surface area contributed by atoms with Gasteiger partial charge in [0.1, 0.15) is 5.82 Å². The highest BCUT2D eigenvalue weighted by atomic mass is 35.5. The van der Waals surface area contributed by atoms with Crippen LogP contribution < -0.4 is 5.32 Å². The fourth-order valence-corrected chi connectivity index (χ4v) is 2.34. The van der Waals surface area contributed by atoms with E-state index in [0.717, 1.165) is 4.90 Å². The van der Waals surface area contributed by atoms with Crippen molar-refractivity contribution in [2.75, 3.05) is 11.1 Å². The van der Waals surface area contributed by atoms with Crippen molar-refractivity contribution >= 4 is 35.0 Å². The largest absolute Gasteiger partial charge is 0.323 e. The normalized spacial score (nSPS) is 10.3. The van der Waals surface area contributed by atoms with Crippen molar-refractivity contribution in [2.45, 2.75) is 4.90 Å². The van der Waals surface area contributed by atoms with E-state index in [2.05, 4.69) is 5.32 Å². The molecule has 0 aliphatic carbocycles. The molecule has 2 nitrogen and oxygen atoms in total. The van der Waals surface area contributed by atoms with Gasteiger partial charge in [-0.15, -0.1) is 11.8 Å². The highest BCUT2D eigenvalue weighted by Gasteiger charge is 2.10. The molecule has 0 radical (unpaired) electrons. The molecule has 2 aromatic carbocycles. The van der Waals surface area contributed by atoms with Gasteiger partial charge in [-0.1, -0.05) is 17.7 Å². The summed E-state index contributed by atoms with van der Waals surface area (Å²) in [6.07, 6.45) is 0. The number of halogens is 3. The van der Waals surface area contributed by atoms with Gasteiger partial charge in [0.15, 0.2) is 5.82 Å². The monoisotopic (exact) mass is 313 g/mol. The SMILES string of the molecule is O=C(CSc1ccc(F)cc1)Nc1cccc(Cl)c1F. The molecule has 0 heterocycles. The van der Waals surface area contributed by atoms with E-state index < -0.39 is 5.82 Å². The van der Waals surface area contributed by atoms with E-state index in [1.54, 1.807) is 18.2 Å². The van der Waals surface area contributed by atoms with Gasteiger partial charge in [0, 0.05) is 4.90 Å². The quantitative estimate of drug-likeness (QED) is 0.850. The van der Waals surface area contributed by atoms with E-state index in [4.69, 9.17) is 11.6 Å². The van der Waals surface area contributed by atoms with Crippen molar-refractivity contribution in [2.24, 2.45) is 0 Å². The fourth-order valence-electron chi connectivity index (χ4n) is 1.47. The van der Waals surface area contributed by atoms with Gasteiger partial charge in [-0.2, -0.15) is 0 Å². The van der Waals surface area contributed by atoms with Gasteiger partial charge >= 0.3 is 0 Å². The predicted molar refractivity (Wildman–Crippen MR) is 77.2 cm³/mol. The van der Waals surface area contributed by atoms with E-state index in [0.29, 0.717) is 0 Å². The summed E-state index contributed by atoms with van der Waals surface area (Å²) in [7, 11) is 0. The van der Waals surface area contributed by atoms with Crippen molar-refractivity contribution < 1.29 is 13.6 Å². The Morgan fingerprint density at radius 1 is 1.15 bits per heavy atom. The molecule has 20 heavy (non-hydrogen) atoms. The summed E-state index contributed by atoms with van der Waals surface area (Å²) in [5.74, 6) is -1.26. The molecule has 0 saturated heterocycles. The molecule has 0 saturated carbocycles. The summed E-state index contributed by atoms with van der Waals surface area (Å²) < 4.78 is 26.3. The van der Waals surface area contributed by atoms with Crippen LogP contribution in [0.1, 0.15) is 0 Å². The van der Waals surface area contributed by atoms with Crippen LogP contribution in [0.3, 0.4) is 0 Å². The lowest BCUT2D eigenvalue weighted by Gasteiger charge is -2.07. The number of benzene rings is 2. The average molecular weight is 314 g/mol. The first-order valence-corrected chi connectivity index (χ1v) is 7.05. The number of hydrogen-bond acceptors (Lipinski definition) is 2. The van der Waals surface area contributed by atoms with Crippen molar-refractivity contribution in [3.05, 3.63) is 59.1 Å². The molecule has 1 N–H and O–H groups in total. The van der Waals surface area contributed by atoms with Crippen molar-refractivity contribution in [1.29, 1.82) is 0 Å². The fraction of sp³-hybridized carbons (Fsp3) is 0.0714. The highest BCUT2D eigenvalue weighted by Crippen LogP contribution is 2.23. The molecule has 0 fully saturated rings. The zero-order valence-corrected chi connectivity index (χ0v) is 11.8. The Morgan fingerprint density at radius 3 is 2.55 bits per heavy atom. The highest BCUT2D eigenvalue weighted by molar-refractivity contribution is 8.00. The van der Waals surface area contributed by atoms with Gasteiger partial charge in [-0.3, -0.25) is 4.79 Å². The van der Waals surface area contributed by atoms with Crippen molar-refractivity contribution in [3.63, 3.8) is 0 Å². The maximum absolute atomic E-state index is 13.6.